The number of furan rings is 1. The molecule has 9 heteroatoms. The van der Waals surface area contributed by atoms with Crippen LogP contribution in [0.1, 0.15) is 38.8 Å². The second kappa shape index (κ2) is 11.1. The third-order valence-electron chi connectivity index (χ3n) is 4.74. The Bertz CT molecular complexity index is 1200. The summed E-state index contributed by atoms with van der Waals surface area (Å²) in [5.74, 6) is 2.20. The maximum absolute atomic E-state index is 6.14. The van der Waals surface area contributed by atoms with Crippen molar-refractivity contribution in [3.63, 3.8) is 0 Å². The summed E-state index contributed by atoms with van der Waals surface area (Å²) < 4.78 is 6.13. The van der Waals surface area contributed by atoms with Crippen LogP contribution in [-0.2, 0) is 0 Å². The fraction of sp³-hybridized carbons (Fsp3) is 0.231. The van der Waals surface area contributed by atoms with Crippen LogP contribution >= 0.6 is 0 Å². The highest BCUT2D eigenvalue weighted by molar-refractivity contribution is 6.05. The van der Waals surface area contributed by atoms with Crippen LogP contribution in [-0.4, -0.2) is 35.7 Å². The van der Waals surface area contributed by atoms with Gasteiger partial charge in [0.15, 0.2) is 0 Å². The maximum atomic E-state index is 6.14. The molecule has 0 aliphatic heterocycles. The average Bonchev–Trinajstić information content (AvgIpc) is 3.28. The molecule has 0 fully saturated rings. The van der Waals surface area contributed by atoms with E-state index < -0.39 is 0 Å². The van der Waals surface area contributed by atoms with E-state index >= 15 is 0 Å². The van der Waals surface area contributed by atoms with E-state index in [1.807, 2.05) is 88.4 Å². The molecule has 3 aromatic rings. The van der Waals surface area contributed by atoms with Crippen molar-refractivity contribution < 1.29 is 4.42 Å². The van der Waals surface area contributed by atoms with Crippen LogP contribution < -0.4 is 22.9 Å². The molecule has 0 saturated carbocycles. The van der Waals surface area contributed by atoms with Crippen LogP contribution in [0.2, 0.25) is 0 Å². The summed E-state index contributed by atoms with van der Waals surface area (Å²) in [5, 5.41) is 0. The first kappa shape index (κ1) is 25.2. The molecule has 0 atom stereocenters. The van der Waals surface area contributed by atoms with Crippen LogP contribution in [0.4, 0.5) is 0 Å². The van der Waals surface area contributed by atoms with Gasteiger partial charge in [-0.3, -0.25) is 0 Å². The zero-order valence-corrected chi connectivity index (χ0v) is 20.4. The molecule has 9 nitrogen and oxygen atoms in total. The molecule has 2 aromatic carbocycles. The van der Waals surface area contributed by atoms with Crippen molar-refractivity contribution in [3.05, 3.63) is 71.8 Å². The number of aliphatic imine (C=N–C) groups is 4. The van der Waals surface area contributed by atoms with Crippen LogP contribution in [0.15, 0.2) is 85.1 Å². The van der Waals surface area contributed by atoms with Crippen LogP contribution in [0, 0.1) is 0 Å². The van der Waals surface area contributed by atoms with Gasteiger partial charge in [0.2, 0.25) is 11.9 Å². The van der Waals surface area contributed by atoms with E-state index in [1.54, 1.807) is 0 Å². The molecule has 0 aliphatic rings. The quantitative estimate of drug-likeness (QED) is 0.318. The predicted octanol–water partition coefficient (Wildman–Crippen LogP) is 3.47. The van der Waals surface area contributed by atoms with Crippen LogP contribution in [0.25, 0.3) is 22.6 Å². The highest BCUT2D eigenvalue weighted by atomic mass is 16.3. The number of benzene rings is 2. The van der Waals surface area contributed by atoms with E-state index in [1.165, 1.54) is 0 Å². The fourth-order valence-electron chi connectivity index (χ4n) is 3.27. The first-order chi connectivity index (χ1) is 16.6. The highest BCUT2D eigenvalue weighted by Crippen LogP contribution is 2.29. The van der Waals surface area contributed by atoms with Gasteiger partial charge in [0.05, 0.1) is 0 Å². The minimum absolute atomic E-state index is 0.0325. The lowest BCUT2D eigenvalue weighted by molar-refractivity contribution is 0.597. The average molecular weight is 473 g/mol. The molecule has 182 valence electrons. The van der Waals surface area contributed by atoms with Crippen molar-refractivity contribution in [1.29, 1.82) is 0 Å². The van der Waals surface area contributed by atoms with Gasteiger partial charge < -0.3 is 27.4 Å². The third kappa shape index (κ3) is 7.04. The standard InChI is InChI=1S/C26H32N8O/c1-15(2)31-25(29)33-23(27)19-9-5-7-17(13-19)21-11-12-22(35-21)18-8-6-10-20(14-18)24(28)34-26(30)32-16(3)4/h5-16H,1-4H3,(H4,27,29,31,33)(H4,28,30,32,34). The number of hydrogen-bond donors (Lipinski definition) is 4. The number of nitrogens with two attached hydrogens (primary N) is 4. The summed E-state index contributed by atoms with van der Waals surface area (Å²) in [6.45, 7) is 7.67. The van der Waals surface area contributed by atoms with Crippen molar-refractivity contribution in [2.45, 2.75) is 39.8 Å². The lowest BCUT2D eigenvalue weighted by Gasteiger charge is -2.05. The Hall–Kier alpha value is -4.40. The second-order valence-electron chi connectivity index (χ2n) is 8.48. The van der Waals surface area contributed by atoms with Crippen LogP contribution in [0.5, 0.6) is 0 Å². The molecule has 0 bridgehead atoms. The summed E-state index contributed by atoms with van der Waals surface area (Å²) in [6, 6.07) is 19.0. The van der Waals surface area contributed by atoms with Gasteiger partial charge in [0.25, 0.3) is 0 Å². The second-order valence-corrected chi connectivity index (χ2v) is 8.48. The smallest absolute Gasteiger partial charge is 0.217 e. The van der Waals surface area contributed by atoms with Gasteiger partial charge in [-0.1, -0.05) is 36.4 Å². The normalized spacial score (nSPS) is 13.7. The Morgan fingerprint density at radius 1 is 0.629 bits per heavy atom. The van der Waals surface area contributed by atoms with E-state index in [0.29, 0.717) is 22.6 Å². The minimum Gasteiger partial charge on any atom is -0.456 e. The summed E-state index contributed by atoms with van der Waals surface area (Å²) in [7, 11) is 0. The summed E-state index contributed by atoms with van der Waals surface area (Å²) >= 11 is 0. The molecule has 35 heavy (non-hydrogen) atoms. The first-order valence-corrected chi connectivity index (χ1v) is 11.3. The SMILES string of the molecule is CC(C)N=C(N)N=C(N)c1cccc(-c2ccc(-c3cccc(C(N)=NC(N)=NC(C)C)c3)o2)c1. The predicted molar refractivity (Wildman–Crippen MR) is 145 cm³/mol. The Morgan fingerprint density at radius 3 is 1.40 bits per heavy atom. The topological polar surface area (TPSA) is 167 Å². The van der Waals surface area contributed by atoms with Crippen LogP contribution in [0.3, 0.4) is 0 Å². The third-order valence-corrected chi connectivity index (χ3v) is 4.74. The Balaban J connectivity index is 1.87. The van der Waals surface area contributed by atoms with E-state index in [2.05, 4.69) is 20.0 Å². The van der Waals surface area contributed by atoms with Gasteiger partial charge in [0.1, 0.15) is 23.2 Å². The first-order valence-electron chi connectivity index (χ1n) is 11.3. The molecular formula is C26H32N8O. The Kier molecular flexibility index (Phi) is 8.04. The van der Waals surface area contributed by atoms with Gasteiger partial charge in [-0.15, -0.1) is 0 Å². The monoisotopic (exact) mass is 472 g/mol. The molecule has 8 N–H and O–H groups in total. The Labute approximate surface area is 205 Å². The molecule has 1 aromatic heterocycles. The minimum atomic E-state index is 0.0325. The molecule has 0 spiro atoms. The number of guanidine groups is 2. The number of rotatable bonds is 6. The molecule has 0 amide bonds. The van der Waals surface area contributed by atoms with E-state index in [9.17, 15) is 0 Å². The zero-order valence-electron chi connectivity index (χ0n) is 20.4. The van der Waals surface area contributed by atoms with Crippen molar-refractivity contribution in [1.82, 2.24) is 0 Å². The van der Waals surface area contributed by atoms with Gasteiger partial charge in [-0.25, -0.2) is 9.98 Å². The van der Waals surface area contributed by atoms with Crippen molar-refractivity contribution in [2.24, 2.45) is 42.9 Å². The Morgan fingerprint density at radius 2 is 1.03 bits per heavy atom. The maximum Gasteiger partial charge on any atom is 0.217 e. The van der Waals surface area contributed by atoms with Gasteiger partial charge in [-0.2, -0.15) is 9.98 Å². The molecule has 0 aliphatic carbocycles. The van der Waals surface area contributed by atoms with Gasteiger partial charge in [-0.05, 0) is 52.0 Å². The van der Waals surface area contributed by atoms with Crippen molar-refractivity contribution >= 4 is 23.6 Å². The molecular weight excluding hydrogens is 440 g/mol. The summed E-state index contributed by atoms with van der Waals surface area (Å²) in [6.07, 6.45) is 0. The molecule has 0 unspecified atom stereocenters. The zero-order chi connectivity index (χ0) is 25.5. The van der Waals surface area contributed by atoms with E-state index in [-0.39, 0.29) is 35.7 Å². The molecule has 0 radical (unpaired) electrons. The molecule has 1 heterocycles. The van der Waals surface area contributed by atoms with Gasteiger partial charge >= 0.3 is 0 Å². The number of nitrogens with zero attached hydrogens (tertiary/aromatic N) is 4. The van der Waals surface area contributed by atoms with Crippen molar-refractivity contribution in [3.8, 4) is 22.6 Å². The highest BCUT2D eigenvalue weighted by Gasteiger charge is 2.10. The lowest BCUT2D eigenvalue weighted by Crippen LogP contribution is -2.20. The largest absolute Gasteiger partial charge is 0.456 e. The molecule has 0 saturated heterocycles. The van der Waals surface area contributed by atoms with E-state index in [4.69, 9.17) is 27.4 Å². The molecule has 3 rings (SSSR count). The number of hydrogen-bond acceptors (Lipinski definition) is 3. The number of amidine groups is 2. The lowest BCUT2D eigenvalue weighted by atomic mass is 10.1. The fourth-order valence-corrected chi connectivity index (χ4v) is 3.27. The van der Waals surface area contributed by atoms with E-state index in [0.717, 1.165) is 11.1 Å². The summed E-state index contributed by atoms with van der Waals surface area (Å²) in [4.78, 5) is 16.7. The summed E-state index contributed by atoms with van der Waals surface area (Å²) in [5.41, 5.74) is 27.1. The van der Waals surface area contributed by atoms with Gasteiger partial charge in [0, 0.05) is 34.3 Å². The van der Waals surface area contributed by atoms with Crippen molar-refractivity contribution in [2.75, 3.05) is 0 Å².